The Bertz CT molecular complexity index is 526. The first-order valence-corrected chi connectivity index (χ1v) is 4.66. The number of nitrogens with zero attached hydrogens (tertiary/aromatic N) is 3. The highest BCUT2D eigenvalue weighted by molar-refractivity contribution is 5.86. The molecule has 0 saturated carbocycles. The number of aryl methyl sites for hydroxylation is 1. The lowest BCUT2D eigenvalue weighted by atomic mass is 10.2. The minimum atomic E-state index is -1.05. The Hall–Kier alpha value is -2.30. The highest BCUT2D eigenvalue weighted by atomic mass is 16.4. The van der Waals surface area contributed by atoms with Crippen LogP contribution in [0.4, 0.5) is 0 Å². The Labute approximate surface area is 91.8 Å². The summed E-state index contributed by atoms with van der Waals surface area (Å²) in [6.07, 6.45) is 3.22. The zero-order valence-corrected chi connectivity index (χ0v) is 8.58. The van der Waals surface area contributed by atoms with Crippen LogP contribution in [0.1, 0.15) is 16.2 Å². The molecule has 0 amide bonds. The standard InChI is InChI=1S/C11H9N3O2/c1-7-5-8(6-9(14-7)11(15)16)10-12-3-2-4-13-10/h2-6H,1H3,(H,15,16). The molecule has 16 heavy (non-hydrogen) atoms. The Balaban J connectivity index is 2.54. The molecule has 5 nitrogen and oxygen atoms in total. The Morgan fingerprint density at radius 3 is 2.56 bits per heavy atom. The summed E-state index contributed by atoms with van der Waals surface area (Å²) >= 11 is 0. The van der Waals surface area contributed by atoms with E-state index < -0.39 is 5.97 Å². The lowest BCUT2D eigenvalue weighted by Crippen LogP contribution is -2.02. The van der Waals surface area contributed by atoms with Crippen LogP contribution in [0.15, 0.2) is 30.6 Å². The monoisotopic (exact) mass is 215 g/mol. The average molecular weight is 215 g/mol. The Kier molecular flexibility index (Phi) is 2.59. The molecule has 2 aromatic heterocycles. The first kappa shape index (κ1) is 10.2. The first-order valence-electron chi connectivity index (χ1n) is 4.66. The Morgan fingerprint density at radius 2 is 1.94 bits per heavy atom. The van der Waals surface area contributed by atoms with Crippen LogP contribution in [-0.2, 0) is 0 Å². The van der Waals surface area contributed by atoms with Crippen molar-refractivity contribution in [1.82, 2.24) is 15.0 Å². The molecule has 0 atom stereocenters. The summed E-state index contributed by atoms with van der Waals surface area (Å²) < 4.78 is 0. The molecule has 0 saturated heterocycles. The molecule has 2 heterocycles. The van der Waals surface area contributed by atoms with Gasteiger partial charge in [-0.15, -0.1) is 0 Å². The number of aromatic nitrogens is 3. The van der Waals surface area contributed by atoms with Gasteiger partial charge < -0.3 is 5.11 Å². The van der Waals surface area contributed by atoms with Crippen molar-refractivity contribution in [2.75, 3.05) is 0 Å². The number of pyridine rings is 1. The molecule has 0 spiro atoms. The third-order valence-electron chi connectivity index (χ3n) is 2.00. The molecule has 0 aliphatic carbocycles. The van der Waals surface area contributed by atoms with Crippen LogP contribution in [0.5, 0.6) is 0 Å². The van der Waals surface area contributed by atoms with Crippen molar-refractivity contribution in [3.63, 3.8) is 0 Å². The van der Waals surface area contributed by atoms with Gasteiger partial charge in [0.25, 0.3) is 0 Å². The van der Waals surface area contributed by atoms with Crippen LogP contribution in [-0.4, -0.2) is 26.0 Å². The molecule has 0 bridgehead atoms. The van der Waals surface area contributed by atoms with E-state index in [1.54, 1.807) is 31.5 Å². The van der Waals surface area contributed by atoms with Crippen molar-refractivity contribution in [1.29, 1.82) is 0 Å². The van der Waals surface area contributed by atoms with E-state index >= 15 is 0 Å². The van der Waals surface area contributed by atoms with Gasteiger partial charge in [-0.3, -0.25) is 0 Å². The molecule has 2 rings (SSSR count). The van der Waals surface area contributed by atoms with Gasteiger partial charge in [0, 0.05) is 23.7 Å². The van der Waals surface area contributed by atoms with E-state index in [2.05, 4.69) is 15.0 Å². The SMILES string of the molecule is Cc1cc(-c2ncccn2)cc(C(=O)O)n1. The molecule has 80 valence electrons. The van der Waals surface area contributed by atoms with Gasteiger partial charge in [0.1, 0.15) is 5.69 Å². The maximum atomic E-state index is 10.8. The quantitative estimate of drug-likeness (QED) is 0.822. The third kappa shape index (κ3) is 2.03. The molecule has 2 aromatic rings. The Morgan fingerprint density at radius 1 is 1.25 bits per heavy atom. The van der Waals surface area contributed by atoms with Crippen molar-refractivity contribution < 1.29 is 9.90 Å². The molecule has 0 fully saturated rings. The highest BCUT2D eigenvalue weighted by Gasteiger charge is 2.09. The summed E-state index contributed by atoms with van der Waals surface area (Å²) in [6.45, 7) is 1.74. The first-order chi connectivity index (χ1) is 7.66. The molecule has 0 aromatic carbocycles. The fraction of sp³-hybridized carbons (Fsp3) is 0.0909. The zero-order valence-electron chi connectivity index (χ0n) is 8.58. The number of aromatic carboxylic acids is 1. The van der Waals surface area contributed by atoms with Crippen LogP contribution in [0, 0.1) is 6.92 Å². The van der Waals surface area contributed by atoms with E-state index in [4.69, 9.17) is 5.11 Å². The van der Waals surface area contributed by atoms with Gasteiger partial charge in [0.15, 0.2) is 5.82 Å². The van der Waals surface area contributed by atoms with E-state index in [9.17, 15) is 4.79 Å². The largest absolute Gasteiger partial charge is 0.477 e. The third-order valence-corrected chi connectivity index (χ3v) is 2.00. The molecule has 0 aliphatic rings. The van der Waals surface area contributed by atoms with E-state index in [1.165, 1.54) is 6.07 Å². The minimum absolute atomic E-state index is 0.00227. The molecular weight excluding hydrogens is 206 g/mol. The van der Waals surface area contributed by atoms with Gasteiger partial charge in [-0.25, -0.2) is 19.7 Å². The van der Waals surface area contributed by atoms with Crippen molar-refractivity contribution in [2.45, 2.75) is 6.92 Å². The topological polar surface area (TPSA) is 76.0 Å². The van der Waals surface area contributed by atoms with Crippen molar-refractivity contribution >= 4 is 5.97 Å². The number of carbonyl (C=O) groups is 1. The molecule has 0 unspecified atom stereocenters. The molecule has 5 heteroatoms. The number of hydrogen-bond acceptors (Lipinski definition) is 4. The van der Waals surface area contributed by atoms with Crippen LogP contribution in [0.2, 0.25) is 0 Å². The maximum Gasteiger partial charge on any atom is 0.354 e. The van der Waals surface area contributed by atoms with Crippen LogP contribution in [0.3, 0.4) is 0 Å². The van der Waals surface area contributed by atoms with E-state index in [-0.39, 0.29) is 5.69 Å². The van der Waals surface area contributed by atoms with E-state index in [0.29, 0.717) is 17.1 Å². The van der Waals surface area contributed by atoms with Gasteiger partial charge in [-0.1, -0.05) is 0 Å². The lowest BCUT2D eigenvalue weighted by Gasteiger charge is -2.02. The van der Waals surface area contributed by atoms with Crippen LogP contribution >= 0.6 is 0 Å². The predicted molar refractivity (Wildman–Crippen MR) is 57.0 cm³/mol. The molecular formula is C11H9N3O2. The summed E-state index contributed by atoms with van der Waals surface area (Å²) in [5, 5.41) is 8.88. The summed E-state index contributed by atoms with van der Waals surface area (Å²) in [5.41, 5.74) is 1.29. The van der Waals surface area contributed by atoms with Crippen LogP contribution in [0.25, 0.3) is 11.4 Å². The van der Waals surface area contributed by atoms with Crippen LogP contribution < -0.4 is 0 Å². The fourth-order valence-electron chi connectivity index (χ4n) is 1.36. The number of rotatable bonds is 2. The molecule has 0 aliphatic heterocycles. The predicted octanol–water partition coefficient (Wildman–Crippen LogP) is 1.55. The average Bonchev–Trinajstić information content (AvgIpc) is 2.29. The van der Waals surface area contributed by atoms with Gasteiger partial charge >= 0.3 is 5.97 Å². The van der Waals surface area contributed by atoms with Gasteiger partial charge in [-0.2, -0.15) is 0 Å². The second-order valence-corrected chi connectivity index (χ2v) is 3.26. The molecule has 0 radical (unpaired) electrons. The normalized spacial score (nSPS) is 10.1. The maximum absolute atomic E-state index is 10.8. The summed E-state index contributed by atoms with van der Waals surface area (Å²) in [4.78, 5) is 22.9. The highest BCUT2D eigenvalue weighted by Crippen LogP contribution is 2.16. The van der Waals surface area contributed by atoms with Crippen molar-refractivity contribution in [3.05, 3.63) is 42.0 Å². The summed E-state index contributed by atoms with van der Waals surface area (Å²) in [7, 11) is 0. The summed E-state index contributed by atoms with van der Waals surface area (Å²) in [5.74, 6) is -0.559. The molecule has 1 N–H and O–H groups in total. The number of hydrogen-bond donors (Lipinski definition) is 1. The van der Waals surface area contributed by atoms with Crippen molar-refractivity contribution in [3.8, 4) is 11.4 Å². The smallest absolute Gasteiger partial charge is 0.354 e. The van der Waals surface area contributed by atoms with E-state index in [1.807, 2.05) is 0 Å². The second kappa shape index (κ2) is 4.06. The van der Waals surface area contributed by atoms with Crippen molar-refractivity contribution in [2.24, 2.45) is 0 Å². The second-order valence-electron chi connectivity index (χ2n) is 3.26. The number of carboxylic acids is 1. The summed E-state index contributed by atoms with van der Waals surface area (Å²) in [6, 6.07) is 4.92. The fourth-order valence-corrected chi connectivity index (χ4v) is 1.36. The lowest BCUT2D eigenvalue weighted by molar-refractivity contribution is 0.0690. The van der Waals surface area contributed by atoms with Gasteiger partial charge in [0.05, 0.1) is 0 Å². The minimum Gasteiger partial charge on any atom is -0.477 e. The van der Waals surface area contributed by atoms with Gasteiger partial charge in [-0.05, 0) is 25.1 Å². The number of carboxylic acid groups (broad SMARTS) is 1. The van der Waals surface area contributed by atoms with E-state index in [0.717, 1.165) is 0 Å². The van der Waals surface area contributed by atoms with Gasteiger partial charge in [0.2, 0.25) is 0 Å². The zero-order chi connectivity index (χ0) is 11.5.